The minimum atomic E-state index is -1.10. The maximum Gasteiger partial charge on any atom is 0.193 e. The second-order valence-corrected chi connectivity index (χ2v) is 10.3. The Morgan fingerprint density at radius 2 is 2.03 bits per heavy atom. The van der Waals surface area contributed by atoms with E-state index in [-0.39, 0.29) is 29.0 Å². The summed E-state index contributed by atoms with van der Waals surface area (Å²) in [6.07, 6.45) is 10.8. The van der Waals surface area contributed by atoms with E-state index in [0.29, 0.717) is 12.3 Å². The van der Waals surface area contributed by atoms with Crippen LogP contribution in [0.5, 0.6) is 0 Å². The van der Waals surface area contributed by atoms with Crippen LogP contribution >= 0.6 is 0 Å². The van der Waals surface area contributed by atoms with E-state index in [0.717, 1.165) is 19.3 Å². The second-order valence-electron chi connectivity index (χ2n) is 10.3. The molecule has 29 heavy (non-hydrogen) atoms. The van der Waals surface area contributed by atoms with E-state index >= 15 is 0 Å². The summed E-state index contributed by atoms with van der Waals surface area (Å²) in [5, 5.41) is 9.82. The van der Waals surface area contributed by atoms with Gasteiger partial charge in [0, 0.05) is 10.8 Å². The fraction of sp³-hybridized carbons (Fsp3) is 0.667. The molecule has 0 aromatic carbocycles. The molecule has 1 aliphatic heterocycles. The van der Waals surface area contributed by atoms with Crippen molar-refractivity contribution in [3.8, 4) is 0 Å². The summed E-state index contributed by atoms with van der Waals surface area (Å²) in [5.74, 6) is -0.472. The molecule has 0 aromatic heterocycles. The SMILES string of the molecule is CC1(C)O[C@@H]2C[C@H]3[C@@H]4CCC5=CC(=O)C=C[C@]5(C)C4=CC[C@]3(C)[C@]2(C(=O)CO)O1. The topological polar surface area (TPSA) is 72.8 Å². The van der Waals surface area contributed by atoms with Crippen LogP contribution in [0.3, 0.4) is 0 Å². The Bertz CT molecular complexity index is 895. The van der Waals surface area contributed by atoms with Gasteiger partial charge < -0.3 is 14.6 Å². The fourth-order valence-corrected chi connectivity index (χ4v) is 7.25. The smallest absolute Gasteiger partial charge is 0.193 e. The molecule has 0 aromatic rings. The van der Waals surface area contributed by atoms with Crippen molar-refractivity contribution < 1.29 is 24.2 Å². The Balaban J connectivity index is 1.61. The molecule has 5 nitrogen and oxygen atoms in total. The molecule has 0 amide bonds. The van der Waals surface area contributed by atoms with Crippen molar-refractivity contribution in [3.05, 3.63) is 35.5 Å². The van der Waals surface area contributed by atoms with Gasteiger partial charge in [-0.15, -0.1) is 0 Å². The summed E-state index contributed by atoms with van der Waals surface area (Å²) < 4.78 is 12.6. The number of hydrogen-bond acceptors (Lipinski definition) is 5. The molecule has 2 saturated carbocycles. The molecular formula is C24H30O5. The molecule has 5 heteroatoms. The molecule has 6 atom stereocenters. The molecule has 5 aliphatic rings. The van der Waals surface area contributed by atoms with Gasteiger partial charge in [-0.3, -0.25) is 9.59 Å². The first-order chi connectivity index (χ1) is 13.6. The highest BCUT2D eigenvalue weighted by Gasteiger charge is 2.74. The van der Waals surface area contributed by atoms with Gasteiger partial charge in [0.1, 0.15) is 6.61 Å². The van der Waals surface area contributed by atoms with Crippen molar-refractivity contribution in [2.75, 3.05) is 6.61 Å². The van der Waals surface area contributed by atoms with E-state index < -0.39 is 23.4 Å². The molecule has 0 radical (unpaired) electrons. The predicted molar refractivity (Wildman–Crippen MR) is 107 cm³/mol. The van der Waals surface area contributed by atoms with Crippen molar-refractivity contribution in [3.63, 3.8) is 0 Å². The van der Waals surface area contributed by atoms with Gasteiger partial charge >= 0.3 is 0 Å². The summed E-state index contributed by atoms with van der Waals surface area (Å²) in [4.78, 5) is 25.0. The number of aliphatic hydroxyl groups is 1. The third-order valence-electron chi connectivity index (χ3n) is 8.50. The molecule has 1 heterocycles. The Morgan fingerprint density at radius 1 is 1.28 bits per heavy atom. The number of fused-ring (bicyclic) bond motifs is 7. The van der Waals surface area contributed by atoms with E-state index in [1.165, 1.54) is 11.1 Å². The fourth-order valence-electron chi connectivity index (χ4n) is 7.25. The van der Waals surface area contributed by atoms with Crippen molar-refractivity contribution in [1.29, 1.82) is 0 Å². The molecule has 0 bridgehead atoms. The highest BCUT2D eigenvalue weighted by molar-refractivity contribution is 6.01. The minimum absolute atomic E-state index is 0.0732. The van der Waals surface area contributed by atoms with Crippen LogP contribution in [0.1, 0.15) is 53.4 Å². The number of rotatable bonds is 2. The first kappa shape index (κ1) is 19.4. The highest BCUT2D eigenvalue weighted by Crippen LogP contribution is 2.68. The van der Waals surface area contributed by atoms with Gasteiger partial charge in [-0.2, -0.15) is 0 Å². The predicted octanol–water partition coefficient (Wildman–Crippen LogP) is 3.28. The number of aliphatic hydroxyl groups excluding tert-OH is 1. The van der Waals surface area contributed by atoms with Gasteiger partial charge in [-0.05, 0) is 70.4 Å². The molecule has 1 N–H and O–H groups in total. The number of hydrogen-bond donors (Lipinski definition) is 1. The van der Waals surface area contributed by atoms with Crippen LogP contribution in [0.15, 0.2) is 35.5 Å². The Morgan fingerprint density at radius 3 is 2.76 bits per heavy atom. The zero-order valence-corrected chi connectivity index (χ0v) is 17.7. The van der Waals surface area contributed by atoms with E-state index in [4.69, 9.17) is 9.47 Å². The lowest BCUT2D eigenvalue weighted by Crippen LogP contribution is -2.59. The van der Waals surface area contributed by atoms with Gasteiger partial charge in [0.15, 0.2) is 23.0 Å². The van der Waals surface area contributed by atoms with Crippen molar-refractivity contribution in [2.45, 2.75) is 70.9 Å². The number of carbonyl (C=O) groups is 2. The Labute approximate surface area is 171 Å². The van der Waals surface area contributed by atoms with Gasteiger partial charge in [0.25, 0.3) is 0 Å². The van der Waals surface area contributed by atoms with E-state index in [2.05, 4.69) is 26.0 Å². The third-order valence-corrected chi connectivity index (χ3v) is 8.50. The molecular weight excluding hydrogens is 368 g/mol. The van der Waals surface area contributed by atoms with Crippen LogP contribution in [-0.2, 0) is 19.1 Å². The van der Waals surface area contributed by atoms with Gasteiger partial charge in [0.2, 0.25) is 0 Å². The summed E-state index contributed by atoms with van der Waals surface area (Å²) in [6, 6.07) is 0. The van der Waals surface area contributed by atoms with Crippen molar-refractivity contribution in [2.24, 2.45) is 22.7 Å². The number of carbonyl (C=O) groups excluding carboxylic acids is 2. The summed E-state index contributed by atoms with van der Waals surface area (Å²) >= 11 is 0. The highest BCUT2D eigenvalue weighted by atomic mass is 16.8. The van der Waals surface area contributed by atoms with Gasteiger partial charge in [-0.25, -0.2) is 0 Å². The Hall–Kier alpha value is -1.56. The lowest BCUT2D eigenvalue weighted by molar-refractivity contribution is -0.206. The van der Waals surface area contributed by atoms with Gasteiger partial charge in [-0.1, -0.05) is 30.2 Å². The largest absolute Gasteiger partial charge is 0.388 e. The Kier molecular flexibility index (Phi) is 3.86. The van der Waals surface area contributed by atoms with Crippen LogP contribution in [0, 0.1) is 22.7 Å². The van der Waals surface area contributed by atoms with Crippen molar-refractivity contribution in [1.82, 2.24) is 0 Å². The number of ketones is 2. The maximum absolute atomic E-state index is 13.1. The maximum atomic E-state index is 13.1. The normalized spacial score (nSPS) is 46.9. The number of allylic oxidation sites excluding steroid dienone is 6. The zero-order valence-electron chi connectivity index (χ0n) is 17.7. The molecule has 4 aliphatic carbocycles. The standard InChI is InChI=1S/C24H30O5/c1-21(2)28-20-12-18-16-6-5-14-11-15(26)7-9-22(14,3)17(16)8-10-23(18,4)24(20,29-21)19(27)13-25/h7-9,11,16,18,20,25H,5-6,10,12-13H2,1-4H3/t16-,18+,20-,22+,23+,24-/m1/s1. The van der Waals surface area contributed by atoms with Crippen LogP contribution < -0.4 is 0 Å². The molecule has 5 rings (SSSR count). The van der Waals surface area contributed by atoms with Crippen LogP contribution in [-0.4, -0.2) is 40.8 Å². The number of ether oxygens (including phenoxy) is 2. The average Bonchev–Trinajstić information content (AvgIpc) is 3.07. The quantitative estimate of drug-likeness (QED) is 0.723. The van der Waals surface area contributed by atoms with E-state index in [9.17, 15) is 14.7 Å². The van der Waals surface area contributed by atoms with Crippen LogP contribution in [0.25, 0.3) is 0 Å². The molecule has 1 saturated heterocycles. The average molecular weight is 398 g/mol. The minimum Gasteiger partial charge on any atom is -0.388 e. The lowest BCUT2D eigenvalue weighted by Gasteiger charge is -2.54. The van der Waals surface area contributed by atoms with Gasteiger partial charge in [0.05, 0.1) is 6.10 Å². The third kappa shape index (κ3) is 2.27. The first-order valence-corrected chi connectivity index (χ1v) is 10.7. The van der Waals surface area contributed by atoms with Crippen LogP contribution in [0.2, 0.25) is 0 Å². The molecule has 3 fully saturated rings. The summed E-state index contributed by atoms with van der Waals surface area (Å²) in [6.45, 7) is 7.53. The molecule has 0 unspecified atom stereocenters. The summed E-state index contributed by atoms with van der Waals surface area (Å²) in [7, 11) is 0. The lowest BCUT2D eigenvalue weighted by atomic mass is 9.51. The monoisotopic (exact) mass is 398 g/mol. The van der Waals surface area contributed by atoms with E-state index in [1.54, 1.807) is 12.2 Å². The van der Waals surface area contributed by atoms with E-state index in [1.807, 2.05) is 13.8 Å². The first-order valence-electron chi connectivity index (χ1n) is 10.7. The summed E-state index contributed by atoms with van der Waals surface area (Å²) in [5.41, 5.74) is 0.819. The zero-order chi connectivity index (χ0) is 20.8. The molecule has 0 spiro atoms. The van der Waals surface area contributed by atoms with Crippen molar-refractivity contribution >= 4 is 11.6 Å². The molecule has 156 valence electrons. The number of Topliss-reactive ketones (excluding diaryl/α,β-unsaturated/α-hetero) is 1. The second kappa shape index (κ2) is 5.77. The van der Waals surface area contributed by atoms with Crippen LogP contribution in [0.4, 0.5) is 0 Å².